The summed E-state index contributed by atoms with van der Waals surface area (Å²) in [5, 5.41) is 0. The number of esters is 1. The summed E-state index contributed by atoms with van der Waals surface area (Å²) in [6.45, 7) is 0. The third-order valence-electron chi connectivity index (χ3n) is 2.55. The topological polar surface area (TPSA) is 26.3 Å². The molecule has 1 aliphatic rings. The van der Waals surface area contributed by atoms with Gasteiger partial charge in [-0.1, -0.05) is 22.0 Å². The molecule has 3 heteroatoms. The Hall–Kier alpha value is -1.09. The maximum absolute atomic E-state index is 11.8. The lowest BCUT2D eigenvalue weighted by molar-refractivity contribution is 0.0370. The Morgan fingerprint density at radius 1 is 1.31 bits per heavy atom. The van der Waals surface area contributed by atoms with Crippen LogP contribution in [0.25, 0.3) is 0 Å². The van der Waals surface area contributed by atoms with Crippen molar-refractivity contribution in [3.63, 3.8) is 0 Å². The Kier molecular flexibility index (Phi) is 3.78. The van der Waals surface area contributed by atoms with Crippen molar-refractivity contribution in [3.8, 4) is 0 Å². The Morgan fingerprint density at radius 2 is 2.06 bits per heavy atom. The first-order valence-electron chi connectivity index (χ1n) is 5.39. The fraction of sp³-hybridized carbons (Fsp3) is 0.308. The molecule has 0 aromatic heterocycles. The second-order valence-electron chi connectivity index (χ2n) is 3.81. The smallest absolute Gasteiger partial charge is 0.338 e. The maximum atomic E-state index is 11.8. The molecule has 0 radical (unpaired) electrons. The molecule has 0 saturated carbocycles. The molecule has 0 heterocycles. The largest absolute Gasteiger partial charge is 0.455 e. The molecule has 1 atom stereocenters. The summed E-state index contributed by atoms with van der Waals surface area (Å²) >= 11 is 3.33. The van der Waals surface area contributed by atoms with Gasteiger partial charge in [0.15, 0.2) is 0 Å². The minimum atomic E-state index is -0.246. The zero-order valence-corrected chi connectivity index (χ0v) is 10.4. The molecule has 1 aromatic carbocycles. The molecule has 0 aliphatic heterocycles. The highest BCUT2D eigenvalue weighted by Gasteiger charge is 2.14. The van der Waals surface area contributed by atoms with E-state index in [1.54, 1.807) is 12.1 Å². The van der Waals surface area contributed by atoms with E-state index >= 15 is 0 Å². The van der Waals surface area contributed by atoms with Crippen LogP contribution >= 0.6 is 15.9 Å². The zero-order valence-electron chi connectivity index (χ0n) is 8.86. The minimum absolute atomic E-state index is 0.0510. The van der Waals surface area contributed by atoms with Crippen LogP contribution in [0.2, 0.25) is 0 Å². The van der Waals surface area contributed by atoms with Gasteiger partial charge in [-0.2, -0.15) is 0 Å². The monoisotopic (exact) mass is 280 g/mol. The van der Waals surface area contributed by atoms with E-state index in [9.17, 15) is 4.79 Å². The summed E-state index contributed by atoms with van der Waals surface area (Å²) in [5.74, 6) is -0.246. The van der Waals surface area contributed by atoms with Crippen LogP contribution < -0.4 is 0 Å². The standard InChI is InChI=1S/C13H13BrO2/c14-11-8-6-10(7-9-11)13(15)16-12-4-2-1-3-5-12/h2,4,6-9,12H,1,3,5H2. The normalized spacial score (nSPS) is 19.4. The van der Waals surface area contributed by atoms with Crippen molar-refractivity contribution in [1.29, 1.82) is 0 Å². The predicted molar refractivity (Wildman–Crippen MR) is 66.3 cm³/mol. The first kappa shape index (κ1) is 11.4. The van der Waals surface area contributed by atoms with Crippen LogP contribution in [0.3, 0.4) is 0 Å². The molecule has 1 aromatic rings. The van der Waals surface area contributed by atoms with Gasteiger partial charge in [-0.25, -0.2) is 4.79 Å². The summed E-state index contributed by atoms with van der Waals surface area (Å²) in [6, 6.07) is 7.21. The summed E-state index contributed by atoms with van der Waals surface area (Å²) in [4.78, 5) is 11.8. The van der Waals surface area contributed by atoms with E-state index in [2.05, 4.69) is 22.0 Å². The molecular weight excluding hydrogens is 268 g/mol. The van der Waals surface area contributed by atoms with Gasteiger partial charge in [0.2, 0.25) is 0 Å². The molecule has 84 valence electrons. The Bertz CT molecular complexity index is 395. The van der Waals surface area contributed by atoms with Gasteiger partial charge >= 0.3 is 5.97 Å². The molecule has 2 rings (SSSR count). The molecule has 0 amide bonds. The molecule has 0 spiro atoms. The summed E-state index contributed by atoms with van der Waals surface area (Å²) < 4.78 is 6.34. The van der Waals surface area contributed by atoms with Crippen LogP contribution in [-0.4, -0.2) is 12.1 Å². The van der Waals surface area contributed by atoms with Crippen molar-refractivity contribution in [2.75, 3.05) is 0 Å². The number of benzene rings is 1. The highest BCUT2D eigenvalue weighted by Crippen LogP contribution is 2.16. The van der Waals surface area contributed by atoms with Crippen molar-refractivity contribution in [2.45, 2.75) is 25.4 Å². The molecule has 0 fully saturated rings. The van der Waals surface area contributed by atoms with Gasteiger partial charge in [0.25, 0.3) is 0 Å². The second kappa shape index (κ2) is 5.30. The van der Waals surface area contributed by atoms with Crippen LogP contribution in [0, 0.1) is 0 Å². The van der Waals surface area contributed by atoms with E-state index in [0.717, 1.165) is 23.7 Å². The molecule has 0 bridgehead atoms. The van der Waals surface area contributed by atoms with Crippen LogP contribution in [0.15, 0.2) is 40.9 Å². The number of halogens is 1. The fourth-order valence-corrected chi connectivity index (χ4v) is 1.94. The van der Waals surface area contributed by atoms with Crippen LogP contribution in [-0.2, 0) is 4.74 Å². The van der Waals surface area contributed by atoms with Gasteiger partial charge in [0, 0.05) is 4.47 Å². The third kappa shape index (κ3) is 2.95. The molecule has 0 N–H and O–H groups in total. The molecular formula is C13H13BrO2. The average molecular weight is 281 g/mol. The SMILES string of the molecule is O=C(OC1C=CCCC1)c1ccc(Br)cc1. The lowest BCUT2D eigenvalue weighted by atomic mass is 10.1. The number of rotatable bonds is 2. The first-order chi connectivity index (χ1) is 7.75. The van der Waals surface area contributed by atoms with E-state index in [4.69, 9.17) is 4.74 Å². The fourth-order valence-electron chi connectivity index (χ4n) is 1.67. The summed E-state index contributed by atoms with van der Waals surface area (Å²) in [7, 11) is 0. The van der Waals surface area contributed by atoms with Gasteiger partial charge < -0.3 is 4.74 Å². The maximum Gasteiger partial charge on any atom is 0.338 e. The number of carbonyl (C=O) groups excluding carboxylic acids is 1. The number of hydrogen-bond acceptors (Lipinski definition) is 2. The number of ether oxygens (including phenoxy) is 1. The van der Waals surface area contributed by atoms with E-state index in [1.807, 2.05) is 18.2 Å². The van der Waals surface area contributed by atoms with E-state index < -0.39 is 0 Å². The first-order valence-corrected chi connectivity index (χ1v) is 6.18. The van der Waals surface area contributed by atoms with Gasteiger partial charge in [-0.05, 0) is 49.6 Å². The van der Waals surface area contributed by atoms with E-state index in [0.29, 0.717) is 5.56 Å². The Labute approximate surface area is 103 Å². The molecule has 0 saturated heterocycles. The van der Waals surface area contributed by atoms with E-state index in [-0.39, 0.29) is 12.1 Å². The van der Waals surface area contributed by atoms with E-state index in [1.165, 1.54) is 0 Å². The lowest BCUT2D eigenvalue weighted by Crippen LogP contribution is -2.17. The lowest BCUT2D eigenvalue weighted by Gasteiger charge is -2.17. The van der Waals surface area contributed by atoms with Gasteiger partial charge in [-0.3, -0.25) is 0 Å². The van der Waals surface area contributed by atoms with Crippen LogP contribution in [0.4, 0.5) is 0 Å². The van der Waals surface area contributed by atoms with Crippen LogP contribution in [0.1, 0.15) is 29.6 Å². The van der Waals surface area contributed by atoms with Crippen molar-refractivity contribution in [2.24, 2.45) is 0 Å². The Morgan fingerprint density at radius 3 is 2.69 bits per heavy atom. The third-order valence-corrected chi connectivity index (χ3v) is 3.08. The van der Waals surface area contributed by atoms with Crippen molar-refractivity contribution < 1.29 is 9.53 Å². The Balaban J connectivity index is 1.99. The highest BCUT2D eigenvalue weighted by atomic mass is 79.9. The molecule has 1 aliphatic carbocycles. The summed E-state index contributed by atoms with van der Waals surface area (Å²) in [6.07, 6.45) is 7.10. The molecule has 1 unspecified atom stereocenters. The number of hydrogen-bond donors (Lipinski definition) is 0. The van der Waals surface area contributed by atoms with Gasteiger partial charge in [-0.15, -0.1) is 0 Å². The predicted octanol–water partition coefficient (Wildman–Crippen LogP) is 3.71. The van der Waals surface area contributed by atoms with Crippen molar-refractivity contribution in [1.82, 2.24) is 0 Å². The van der Waals surface area contributed by atoms with Crippen molar-refractivity contribution >= 4 is 21.9 Å². The molecule has 16 heavy (non-hydrogen) atoms. The number of carbonyl (C=O) groups is 1. The van der Waals surface area contributed by atoms with Crippen LogP contribution in [0.5, 0.6) is 0 Å². The minimum Gasteiger partial charge on any atom is -0.455 e. The average Bonchev–Trinajstić information content (AvgIpc) is 2.31. The highest BCUT2D eigenvalue weighted by molar-refractivity contribution is 9.10. The number of allylic oxidation sites excluding steroid dienone is 1. The van der Waals surface area contributed by atoms with Gasteiger partial charge in [0.05, 0.1) is 5.56 Å². The van der Waals surface area contributed by atoms with Crippen molar-refractivity contribution in [3.05, 3.63) is 46.5 Å². The second-order valence-corrected chi connectivity index (χ2v) is 4.73. The summed E-state index contributed by atoms with van der Waals surface area (Å²) in [5.41, 5.74) is 0.599. The van der Waals surface area contributed by atoms with Gasteiger partial charge in [0.1, 0.15) is 6.10 Å². The quantitative estimate of drug-likeness (QED) is 0.610. The zero-order chi connectivity index (χ0) is 11.4. The molecule has 2 nitrogen and oxygen atoms in total.